The number of hydrogen-bond acceptors (Lipinski definition) is 5. The first-order valence-electron chi connectivity index (χ1n) is 9.34. The van der Waals surface area contributed by atoms with Gasteiger partial charge in [-0.2, -0.15) is 0 Å². The van der Waals surface area contributed by atoms with Crippen LogP contribution < -0.4 is 24.3 Å². The molecule has 0 bridgehead atoms. The molecular weight excluding hydrogens is 370 g/mol. The van der Waals surface area contributed by atoms with Crippen LogP contribution in [-0.2, 0) is 6.54 Å². The van der Waals surface area contributed by atoms with Gasteiger partial charge >= 0.3 is 0 Å². The van der Waals surface area contributed by atoms with E-state index in [4.69, 9.17) is 18.9 Å². The molecule has 0 atom stereocenters. The van der Waals surface area contributed by atoms with Crippen molar-refractivity contribution in [1.82, 2.24) is 5.32 Å². The standard InChI is InChI=1S/C23H25NO5/c1-5-29-18-11-10-16-8-6-7-9-17(16)21(18)23(25)24-14-15-12-19(26-2)22(28-4)20(13-15)27-3/h6-13H,5,14H2,1-4H3,(H,24,25). The van der Waals surface area contributed by atoms with E-state index in [-0.39, 0.29) is 5.91 Å². The molecule has 0 aliphatic heterocycles. The predicted octanol–water partition coefficient (Wildman–Crippen LogP) is 4.19. The van der Waals surface area contributed by atoms with Crippen molar-refractivity contribution in [2.75, 3.05) is 27.9 Å². The SMILES string of the molecule is CCOc1ccc2ccccc2c1C(=O)NCc1cc(OC)c(OC)c(OC)c1. The second-order valence-electron chi connectivity index (χ2n) is 6.31. The van der Waals surface area contributed by atoms with E-state index in [1.165, 1.54) is 0 Å². The highest BCUT2D eigenvalue weighted by Crippen LogP contribution is 2.38. The number of nitrogens with one attached hydrogen (secondary N) is 1. The maximum atomic E-state index is 13.1. The Balaban J connectivity index is 1.91. The number of carbonyl (C=O) groups excluding carboxylic acids is 1. The van der Waals surface area contributed by atoms with Crippen LogP contribution in [0.15, 0.2) is 48.5 Å². The minimum Gasteiger partial charge on any atom is -0.493 e. The van der Waals surface area contributed by atoms with Crippen LogP contribution in [0, 0.1) is 0 Å². The molecule has 1 amide bonds. The zero-order valence-electron chi connectivity index (χ0n) is 17.1. The van der Waals surface area contributed by atoms with Gasteiger partial charge in [0, 0.05) is 6.54 Å². The average Bonchev–Trinajstić information content (AvgIpc) is 2.76. The van der Waals surface area contributed by atoms with Crippen LogP contribution >= 0.6 is 0 Å². The molecule has 29 heavy (non-hydrogen) atoms. The van der Waals surface area contributed by atoms with Crippen molar-refractivity contribution in [2.45, 2.75) is 13.5 Å². The van der Waals surface area contributed by atoms with Gasteiger partial charge in [-0.05, 0) is 41.5 Å². The largest absolute Gasteiger partial charge is 0.493 e. The Labute approximate surface area is 170 Å². The topological polar surface area (TPSA) is 66.0 Å². The van der Waals surface area contributed by atoms with Gasteiger partial charge in [0.15, 0.2) is 11.5 Å². The van der Waals surface area contributed by atoms with Crippen LogP contribution in [0.4, 0.5) is 0 Å². The molecule has 0 radical (unpaired) electrons. The third kappa shape index (κ3) is 4.21. The zero-order chi connectivity index (χ0) is 20.8. The maximum absolute atomic E-state index is 13.1. The van der Waals surface area contributed by atoms with Gasteiger partial charge in [0.2, 0.25) is 5.75 Å². The summed E-state index contributed by atoms with van der Waals surface area (Å²) in [6, 6.07) is 15.2. The summed E-state index contributed by atoms with van der Waals surface area (Å²) in [5, 5.41) is 4.80. The van der Waals surface area contributed by atoms with Gasteiger partial charge in [0.1, 0.15) is 5.75 Å². The highest BCUT2D eigenvalue weighted by Gasteiger charge is 2.18. The van der Waals surface area contributed by atoms with Crippen molar-refractivity contribution >= 4 is 16.7 Å². The van der Waals surface area contributed by atoms with E-state index in [9.17, 15) is 4.79 Å². The zero-order valence-corrected chi connectivity index (χ0v) is 17.1. The normalized spacial score (nSPS) is 10.5. The van der Waals surface area contributed by atoms with Gasteiger partial charge in [-0.3, -0.25) is 4.79 Å². The first-order valence-corrected chi connectivity index (χ1v) is 9.34. The number of ether oxygens (including phenoxy) is 4. The third-order valence-electron chi connectivity index (χ3n) is 4.60. The Morgan fingerprint density at radius 2 is 1.59 bits per heavy atom. The van der Waals surface area contributed by atoms with Crippen LogP contribution in [-0.4, -0.2) is 33.8 Å². The van der Waals surface area contributed by atoms with Gasteiger partial charge in [0.05, 0.1) is 33.5 Å². The molecule has 0 heterocycles. The first-order chi connectivity index (χ1) is 14.1. The lowest BCUT2D eigenvalue weighted by Crippen LogP contribution is -2.24. The minimum absolute atomic E-state index is 0.209. The van der Waals surface area contributed by atoms with Crippen molar-refractivity contribution < 1.29 is 23.7 Å². The Morgan fingerprint density at radius 3 is 2.21 bits per heavy atom. The molecule has 0 fully saturated rings. The Morgan fingerprint density at radius 1 is 0.897 bits per heavy atom. The van der Waals surface area contributed by atoms with E-state index in [0.717, 1.165) is 16.3 Å². The molecule has 6 heteroatoms. The third-order valence-corrected chi connectivity index (χ3v) is 4.60. The summed E-state index contributed by atoms with van der Waals surface area (Å²) in [6.45, 7) is 2.67. The van der Waals surface area contributed by atoms with Crippen LogP contribution in [0.3, 0.4) is 0 Å². The monoisotopic (exact) mass is 395 g/mol. The lowest BCUT2D eigenvalue weighted by Gasteiger charge is -2.16. The van der Waals surface area contributed by atoms with Gasteiger partial charge < -0.3 is 24.3 Å². The van der Waals surface area contributed by atoms with Crippen LogP contribution in [0.1, 0.15) is 22.8 Å². The second kappa shape index (κ2) is 9.19. The smallest absolute Gasteiger partial charge is 0.255 e. The predicted molar refractivity (Wildman–Crippen MR) is 112 cm³/mol. The van der Waals surface area contributed by atoms with Crippen molar-refractivity contribution in [3.05, 3.63) is 59.7 Å². The fourth-order valence-electron chi connectivity index (χ4n) is 3.27. The second-order valence-corrected chi connectivity index (χ2v) is 6.31. The molecule has 0 saturated heterocycles. The number of hydrogen-bond donors (Lipinski definition) is 1. The first kappa shape index (κ1) is 20.3. The molecule has 3 aromatic rings. The molecule has 6 nitrogen and oxygen atoms in total. The lowest BCUT2D eigenvalue weighted by atomic mass is 10.0. The highest BCUT2D eigenvalue weighted by atomic mass is 16.5. The molecule has 1 N–H and O–H groups in total. The van der Waals surface area contributed by atoms with Gasteiger partial charge in [-0.15, -0.1) is 0 Å². The summed E-state index contributed by atoms with van der Waals surface area (Å²) >= 11 is 0. The van der Waals surface area contributed by atoms with E-state index in [1.54, 1.807) is 21.3 Å². The number of rotatable bonds is 8. The van der Waals surface area contributed by atoms with Crippen LogP contribution in [0.25, 0.3) is 10.8 Å². The molecule has 0 aliphatic carbocycles. The fraction of sp³-hybridized carbons (Fsp3) is 0.261. The quantitative estimate of drug-likeness (QED) is 0.619. The van der Waals surface area contributed by atoms with E-state index >= 15 is 0 Å². The van der Waals surface area contributed by atoms with Crippen molar-refractivity contribution in [1.29, 1.82) is 0 Å². The molecule has 0 aromatic heterocycles. The molecular formula is C23H25NO5. The maximum Gasteiger partial charge on any atom is 0.255 e. The van der Waals surface area contributed by atoms with Gasteiger partial charge in [0.25, 0.3) is 5.91 Å². The molecule has 3 aromatic carbocycles. The van der Waals surface area contributed by atoms with E-state index in [2.05, 4.69) is 5.32 Å². The molecule has 0 aliphatic rings. The minimum atomic E-state index is -0.209. The molecule has 152 valence electrons. The fourth-order valence-corrected chi connectivity index (χ4v) is 3.27. The Kier molecular flexibility index (Phi) is 6.44. The number of carbonyl (C=O) groups is 1. The summed E-state index contributed by atoms with van der Waals surface area (Å²) in [7, 11) is 4.67. The van der Waals surface area contributed by atoms with E-state index < -0.39 is 0 Å². The van der Waals surface area contributed by atoms with Crippen LogP contribution in [0.2, 0.25) is 0 Å². The summed E-state index contributed by atoms with van der Waals surface area (Å²) in [4.78, 5) is 13.1. The summed E-state index contributed by atoms with van der Waals surface area (Å²) in [5.74, 6) is 1.94. The average molecular weight is 395 g/mol. The Hall–Kier alpha value is -3.41. The van der Waals surface area contributed by atoms with E-state index in [1.807, 2.05) is 55.5 Å². The van der Waals surface area contributed by atoms with E-state index in [0.29, 0.717) is 41.7 Å². The number of fused-ring (bicyclic) bond motifs is 1. The number of benzene rings is 3. The number of methoxy groups -OCH3 is 3. The lowest BCUT2D eigenvalue weighted by molar-refractivity contribution is 0.0949. The summed E-state index contributed by atoms with van der Waals surface area (Å²) in [5.41, 5.74) is 1.35. The Bertz CT molecular complexity index is 990. The number of amides is 1. The van der Waals surface area contributed by atoms with Gasteiger partial charge in [-0.1, -0.05) is 30.3 Å². The molecule has 3 rings (SSSR count). The van der Waals surface area contributed by atoms with Crippen molar-refractivity contribution in [3.63, 3.8) is 0 Å². The van der Waals surface area contributed by atoms with Crippen molar-refractivity contribution in [3.8, 4) is 23.0 Å². The van der Waals surface area contributed by atoms with Crippen molar-refractivity contribution in [2.24, 2.45) is 0 Å². The summed E-state index contributed by atoms with van der Waals surface area (Å²) in [6.07, 6.45) is 0. The molecule has 0 saturated carbocycles. The summed E-state index contributed by atoms with van der Waals surface area (Å²) < 4.78 is 21.8. The molecule has 0 unspecified atom stereocenters. The van der Waals surface area contributed by atoms with Gasteiger partial charge in [-0.25, -0.2) is 0 Å². The van der Waals surface area contributed by atoms with Crippen LogP contribution in [0.5, 0.6) is 23.0 Å². The highest BCUT2D eigenvalue weighted by molar-refractivity contribution is 6.09. The molecule has 0 spiro atoms.